The molecule has 1 aliphatic rings. The predicted molar refractivity (Wildman–Crippen MR) is 117 cm³/mol. The maximum absolute atomic E-state index is 2.62. The number of allylic oxidation sites excluding steroid dienone is 4. The van der Waals surface area contributed by atoms with Crippen molar-refractivity contribution >= 4 is 0 Å². The summed E-state index contributed by atoms with van der Waals surface area (Å²) < 4.78 is 0. The molecule has 0 spiro atoms. The first-order valence-corrected chi connectivity index (χ1v) is 11.3. The Kier molecular flexibility index (Phi) is 9.82. The highest BCUT2D eigenvalue weighted by Gasteiger charge is 2.24. The zero-order valence-corrected chi connectivity index (χ0v) is 17.5. The van der Waals surface area contributed by atoms with E-state index in [9.17, 15) is 0 Å². The van der Waals surface area contributed by atoms with Gasteiger partial charge >= 0.3 is 0 Å². The molecule has 1 unspecified atom stereocenters. The Labute approximate surface area is 162 Å². The van der Waals surface area contributed by atoms with Gasteiger partial charge in [-0.2, -0.15) is 0 Å². The topological polar surface area (TPSA) is 0 Å². The highest BCUT2D eigenvalue weighted by Crippen LogP contribution is 2.42. The van der Waals surface area contributed by atoms with Crippen LogP contribution in [0.5, 0.6) is 0 Å². The standard InChI is InChI=1S/C26H40/c1-4-7-10-12-15-22-20-24(16-8-5-2)25(19-9-6-3)26(21-22)23-17-13-11-14-18-23/h11,13-14,17-18,20,26H,4-10,12,15-16,19,21H2,1-3H3. The van der Waals surface area contributed by atoms with E-state index in [0.29, 0.717) is 5.92 Å². The minimum Gasteiger partial charge on any atom is -0.0690 e. The van der Waals surface area contributed by atoms with Crippen LogP contribution in [0.1, 0.15) is 109 Å². The summed E-state index contributed by atoms with van der Waals surface area (Å²) in [5.74, 6) is 0.626. The Morgan fingerprint density at radius 1 is 0.731 bits per heavy atom. The molecule has 0 aliphatic heterocycles. The van der Waals surface area contributed by atoms with E-state index in [1.165, 1.54) is 82.6 Å². The molecule has 0 radical (unpaired) electrons. The van der Waals surface area contributed by atoms with Gasteiger partial charge in [0.25, 0.3) is 0 Å². The van der Waals surface area contributed by atoms with E-state index in [1.807, 2.05) is 0 Å². The summed E-state index contributed by atoms with van der Waals surface area (Å²) >= 11 is 0. The van der Waals surface area contributed by atoms with Crippen LogP contribution >= 0.6 is 0 Å². The van der Waals surface area contributed by atoms with E-state index >= 15 is 0 Å². The van der Waals surface area contributed by atoms with Crippen LogP contribution in [-0.2, 0) is 0 Å². The second-order valence-corrected chi connectivity index (χ2v) is 8.04. The van der Waals surface area contributed by atoms with Crippen molar-refractivity contribution in [3.8, 4) is 0 Å². The van der Waals surface area contributed by atoms with Crippen LogP contribution in [0, 0.1) is 0 Å². The first-order chi connectivity index (χ1) is 12.8. The van der Waals surface area contributed by atoms with Crippen LogP contribution in [0.4, 0.5) is 0 Å². The van der Waals surface area contributed by atoms with Gasteiger partial charge in [0.15, 0.2) is 0 Å². The molecule has 0 N–H and O–H groups in total. The van der Waals surface area contributed by atoms with Gasteiger partial charge in [0.2, 0.25) is 0 Å². The molecule has 0 saturated carbocycles. The lowest BCUT2D eigenvalue weighted by Gasteiger charge is -2.30. The molecule has 2 rings (SSSR count). The van der Waals surface area contributed by atoms with Gasteiger partial charge in [0.05, 0.1) is 0 Å². The monoisotopic (exact) mass is 352 g/mol. The molecule has 144 valence electrons. The molecule has 0 nitrogen and oxygen atoms in total. The summed E-state index contributed by atoms with van der Waals surface area (Å²) in [6, 6.07) is 11.3. The van der Waals surface area contributed by atoms with Crippen LogP contribution in [0.15, 0.2) is 53.1 Å². The van der Waals surface area contributed by atoms with E-state index in [4.69, 9.17) is 0 Å². The average Bonchev–Trinajstić information content (AvgIpc) is 2.69. The fraction of sp³-hybridized carbons (Fsp3) is 0.615. The molecule has 0 heteroatoms. The first kappa shape index (κ1) is 21.0. The molecule has 0 saturated heterocycles. The third kappa shape index (κ3) is 6.45. The maximum atomic E-state index is 2.62. The summed E-state index contributed by atoms with van der Waals surface area (Å²) in [6.07, 6.45) is 18.4. The van der Waals surface area contributed by atoms with Crippen molar-refractivity contribution in [2.45, 2.75) is 104 Å². The third-order valence-electron chi connectivity index (χ3n) is 5.83. The molecule has 0 heterocycles. The smallest absolute Gasteiger partial charge is 0.00912 e. The quantitative estimate of drug-likeness (QED) is 0.330. The van der Waals surface area contributed by atoms with E-state index in [1.54, 1.807) is 16.7 Å². The van der Waals surface area contributed by atoms with E-state index in [-0.39, 0.29) is 0 Å². The lowest BCUT2D eigenvalue weighted by Crippen LogP contribution is -2.12. The number of hydrogen-bond acceptors (Lipinski definition) is 0. The zero-order chi connectivity index (χ0) is 18.6. The Morgan fingerprint density at radius 2 is 1.42 bits per heavy atom. The average molecular weight is 353 g/mol. The third-order valence-corrected chi connectivity index (χ3v) is 5.83. The highest BCUT2D eigenvalue weighted by atomic mass is 14.3. The number of unbranched alkanes of at least 4 members (excludes halogenated alkanes) is 5. The minimum atomic E-state index is 0.626. The molecule has 1 aromatic rings. The van der Waals surface area contributed by atoms with Gasteiger partial charge in [0, 0.05) is 5.92 Å². The van der Waals surface area contributed by atoms with Crippen molar-refractivity contribution in [3.05, 3.63) is 58.7 Å². The Bertz CT molecular complexity index is 561. The van der Waals surface area contributed by atoms with Crippen molar-refractivity contribution in [2.24, 2.45) is 0 Å². The molecular weight excluding hydrogens is 312 g/mol. The molecule has 1 atom stereocenters. The van der Waals surface area contributed by atoms with Gasteiger partial charge in [0.1, 0.15) is 0 Å². The van der Waals surface area contributed by atoms with Crippen molar-refractivity contribution in [3.63, 3.8) is 0 Å². The number of rotatable bonds is 12. The molecule has 0 aromatic heterocycles. The molecule has 0 bridgehead atoms. The van der Waals surface area contributed by atoms with E-state index < -0.39 is 0 Å². The largest absolute Gasteiger partial charge is 0.0690 e. The van der Waals surface area contributed by atoms with Crippen molar-refractivity contribution < 1.29 is 0 Å². The summed E-state index contributed by atoms with van der Waals surface area (Å²) in [5, 5.41) is 0. The van der Waals surface area contributed by atoms with Gasteiger partial charge in [-0.05, 0) is 56.1 Å². The van der Waals surface area contributed by atoms with E-state index in [2.05, 4.69) is 57.2 Å². The first-order valence-electron chi connectivity index (χ1n) is 11.3. The molecule has 1 aliphatic carbocycles. The maximum Gasteiger partial charge on any atom is 0.00912 e. The van der Waals surface area contributed by atoms with Crippen molar-refractivity contribution in [1.29, 1.82) is 0 Å². The summed E-state index contributed by atoms with van der Waals surface area (Å²) in [7, 11) is 0. The molecule has 26 heavy (non-hydrogen) atoms. The van der Waals surface area contributed by atoms with E-state index in [0.717, 1.165) is 0 Å². The fourth-order valence-electron chi connectivity index (χ4n) is 4.27. The molecule has 1 aromatic carbocycles. The van der Waals surface area contributed by atoms with Crippen LogP contribution in [0.25, 0.3) is 0 Å². The lowest BCUT2D eigenvalue weighted by atomic mass is 9.75. The fourth-order valence-corrected chi connectivity index (χ4v) is 4.27. The van der Waals surface area contributed by atoms with Gasteiger partial charge in [-0.1, -0.05) is 100 Å². The zero-order valence-electron chi connectivity index (χ0n) is 17.5. The normalized spacial score (nSPS) is 17.5. The second kappa shape index (κ2) is 12.2. The highest BCUT2D eigenvalue weighted by molar-refractivity contribution is 5.43. The summed E-state index contributed by atoms with van der Waals surface area (Å²) in [6.45, 7) is 6.94. The predicted octanol–water partition coefficient (Wildman–Crippen LogP) is 8.75. The van der Waals surface area contributed by atoms with Crippen LogP contribution < -0.4 is 0 Å². The van der Waals surface area contributed by atoms with Crippen molar-refractivity contribution in [2.75, 3.05) is 0 Å². The van der Waals surface area contributed by atoms with Gasteiger partial charge < -0.3 is 0 Å². The van der Waals surface area contributed by atoms with Gasteiger partial charge in [-0.15, -0.1) is 0 Å². The van der Waals surface area contributed by atoms with Crippen LogP contribution in [-0.4, -0.2) is 0 Å². The molecule has 0 amide bonds. The Morgan fingerprint density at radius 3 is 2.12 bits per heavy atom. The number of benzene rings is 1. The summed E-state index contributed by atoms with van der Waals surface area (Å²) in [5.41, 5.74) is 6.68. The van der Waals surface area contributed by atoms with Crippen LogP contribution in [0.2, 0.25) is 0 Å². The van der Waals surface area contributed by atoms with Gasteiger partial charge in [-0.3, -0.25) is 0 Å². The molecule has 0 fully saturated rings. The lowest BCUT2D eigenvalue weighted by molar-refractivity contribution is 0.613. The number of hydrogen-bond donors (Lipinski definition) is 0. The summed E-state index contributed by atoms with van der Waals surface area (Å²) in [4.78, 5) is 0. The van der Waals surface area contributed by atoms with Gasteiger partial charge in [-0.25, -0.2) is 0 Å². The van der Waals surface area contributed by atoms with Crippen LogP contribution in [0.3, 0.4) is 0 Å². The Hall–Kier alpha value is -1.30. The van der Waals surface area contributed by atoms with Crippen molar-refractivity contribution in [1.82, 2.24) is 0 Å². The SMILES string of the molecule is CCCCCCC1=CC(CCCC)=C(CCCC)C(c2ccccc2)C1. The Balaban J connectivity index is 2.25. The molecular formula is C26H40. The second-order valence-electron chi connectivity index (χ2n) is 8.04. The minimum absolute atomic E-state index is 0.626.